The largest absolute Gasteiger partial charge is 0.478 e. The summed E-state index contributed by atoms with van der Waals surface area (Å²) in [5.74, 6) is -3.52. The molecule has 0 heterocycles. The number of anilines is 1. The average Bonchev–Trinajstić information content (AvgIpc) is 2.21. The van der Waals surface area contributed by atoms with Gasteiger partial charge in [0.05, 0.1) is 11.1 Å². The van der Waals surface area contributed by atoms with Gasteiger partial charge in [0, 0.05) is 5.69 Å². The highest BCUT2D eigenvalue weighted by Crippen LogP contribution is 2.20. The molecule has 1 aromatic carbocycles. The van der Waals surface area contributed by atoms with Crippen molar-refractivity contribution >= 4 is 29.2 Å². The fourth-order valence-electron chi connectivity index (χ4n) is 1.00. The first-order valence-corrected chi connectivity index (χ1v) is 4.68. The second-order valence-electron chi connectivity index (χ2n) is 2.96. The summed E-state index contributed by atoms with van der Waals surface area (Å²) in [6.45, 7) is 0. The van der Waals surface area contributed by atoms with Gasteiger partial charge in [0.15, 0.2) is 0 Å². The molecule has 0 aromatic heterocycles. The normalized spacial score (nSPS) is 11.1. The number of carboxylic acid groups (broad SMARTS) is 2. The summed E-state index contributed by atoms with van der Waals surface area (Å²) in [6, 6.07) is 3.42. The molecule has 0 amide bonds. The molecule has 0 bridgehead atoms. The lowest BCUT2D eigenvalue weighted by Crippen LogP contribution is -2.12. The van der Waals surface area contributed by atoms with Crippen molar-refractivity contribution in [3.8, 4) is 0 Å². The third-order valence-electron chi connectivity index (χ3n) is 1.70. The highest BCUT2D eigenvalue weighted by molar-refractivity contribution is 6.31. The minimum Gasteiger partial charge on any atom is -0.478 e. The van der Waals surface area contributed by atoms with Crippen LogP contribution in [0.4, 0.5) is 10.1 Å². The molecule has 7 heteroatoms. The van der Waals surface area contributed by atoms with Gasteiger partial charge >= 0.3 is 11.9 Å². The molecule has 0 aliphatic rings. The lowest BCUT2D eigenvalue weighted by molar-refractivity contribution is -0.134. The molecule has 0 atom stereocenters. The quantitative estimate of drug-likeness (QED) is 0.720. The lowest BCUT2D eigenvalue weighted by atomic mass is 10.3. The third kappa shape index (κ3) is 3.76. The van der Waals surface area contributed by atoms with Crippen LogP contribution in [0.2, 0.25) is 5.02 Å². The van der Waals surface area contributed by atoms with Gasteiger partial charge in [-0.1, -0.05) is 11.6 Å². The van der Waals surface area contributed by atoms with E-state index < -0.39 is 23.5 Å². The Balaban J connectivity index is 2.98. The molecule has 1 aromatic rings. The maximum absolute atomic E-state index is 12.8. The zero-order valence-corrected chi connectivity index (χ0v) is 9.03. The van der Waals surface area contributed by atoms with Crippen LogP contribution in [0.5, 0.6) is 0 Å². The monoisotopic (exact) mass is 259 g/mol. The lowest BCUT2D eigenvalue weighted by Gasteiger charge is -2.06. The van der Waals surface area contributed by atoms with Crippen molar-refractivity contribution in [2.75, 3.05) is 5.32 Å². The van der Waals surface area contributed by atoms with Gasteiger partial charge in [-0.3, -0.25) is 0 Å². The summed E-state index contributed by atoms with van der Waals surface area (Å²) < 4.78 is 12.8. The van der Waals surface area contributed by atoms with E-state index in [0.717, 1.165) is 12.1 Å². The number of hydrogen-bond acceptors (Lipinski definition) is 3. The predicted molar refractivity (Wildman–Crippen MR) is 58.4 cm³/mol. The van der Waals surface area contributed by atoms with Gasteiger partial charge < -0.3 is 15.5 Å². The Morgan fingerprint density at radius 3 is 2.47 bits per heavy atom. The van der Waals surface area contributed by atoms with Gasteiger partial charge in [-0.15, -0.1) is 0 Å². The van der Waals surface area contributed by atoms with Crippen molar-refractivity contribution in [1.29, 1.82) is 0 Å². The molecular weight excluding hydrogens is 253 g/mol. The summed E-state index contributed by atoms with van der Waals surface area (Å²) in [7, 11) is 0. The van der Waals surface area contributed by atoms with Crippen LogP contribution in [0, 0.1) is 5.82 Å². The summed E-state index contributed by atoms with van der Waals surface area (Å²) in [5.41, 5.74) is -0.383. The molecule has 0 fully saturated rings. The topological polar surface area (TPSA) is 86.6 Å². The fourth-order valence-corrected chi connectivity index (χ4v) is 1.18. The number of nitrogens with one attached hydrogen (secondary N) is 1. The van der Waals surface area contributed by atoms with Gasteiger partial charge in [0.25, 0.3) is 0 Å². The molecule has 0 aliphatic heterocycles. The second kappa shape index (κ2) is 5.31. The number of aliphatic carboxylic acids is 2. The van der Waals surface area contributed by atoms with E-state index in [1.54, 1.807) is 0 Å². The second-order valence-corrected chi connectivity index (χ2v) is 3.36. The predicted octanol–water partition coefficient (Wildman–Crippen LogP) is 1.94. The van der Waals surface area contributed by atoms with Gasteiger partial charge in [0.1, 0.15) is 11.5 Å². The molecule has 0 unspecified atom stereocenters. The summed E-state index contributed by atoms with van der Waals surface area (Å²) >= 11 is 5.48. The maximum Gasteiger partial charge on any atom is 0.352 e. The molecular formula is C10H7ClFNO4. The molecule has 0 radical (unpaired) electrons. The van der Waals surface area contributed by atoms with E-state index in [1.807, 2.05) is 0 Å². The van der Waals surface area contributed by atoms with Crippen LogP contribution < -0.4 is 5.32 Å². The van der Waals surface area contributed by atoms with Crippen LogP contribution in [-0.4, -0.2) is 22.2 Å². The smallest absolute Gasteiger partial charge is 0.352 e. The Labute approximate surface area is 100 Å². The fraction of sp³-hybridized carbons (Fsp3) is 0. The standard InChI is InChI=1S/C10H7ClFNO4/c11-6-3-5(1-2-7(6)12)13-8(10(16)17)4-9(14)15/h1-4,13H,(H,14,15)(H,16,17). The van der Waals surface area contributed by atoms with E-state index in [0.29, 0.717) is 6.08 Å². The van der Waals surface area contributed by atoms with Crippen molar-refractivity contribution in [3.05, 3.63) is 40.8 Å². The summed E-state index contributed by atoms with van der Waals surface area (Å²) in [6.07, 6.45) is 0.486. The first-order valence-electron chi connectivity index (χ1n) is 4.30. The minimum absolute atomic E-state index is 0.173. The Hall–Kier alpha value is -2.08. The molecule has 1 rings (SSSR count). The zero-order valence-electron chi connectivity index (χ0n) is 8.28. The molecule has 0 spiro atoms. The van der Waals surface area contributed by atoms with Crippen molar-refractivity contribution in [2.24, 2.45) is 0 Å². The van der Waals surface area contributed by atoms with E-state index in [1.165, 1.54) is 6.07 Å². The molecule has 0 saturated carbocycles. The van der Waals surface area contributed by atoms with Gasteiger partial charge in [-0.25, -0.2) is 14.0 Å². The average molecular weight is 260 g/mol. The van der Waals surface area contributed by atoms with Crippen LogP contribution in [-0.2, 0) is 9.59 Å². The number of hydrogen-bond donors (Lipinski definition) is 3. The SMILES string of the molecule is O=C(O)C=C(Nc1ccc(F)c(Cl)c1)C(=O)O. The zero-order chi connectivity index (χ0) is 13.0. The van der Waals surface area contributed by atoms with Crippen LogP contribution in [0.3, 0.4) is 0 Å². The highest BCUT2D eigenvalue weighted by Gasteiger charge is 2.10. The number of rotatable bonds is 4. The summed E-state index contributed by atoms with van der Waals surface area (Å²) in [4.78, 5) is 21.0. The van der Waals surface area contributed by atoms with E-state index in [9.17, 15) is 14.0 Å². The number of halogens is 2. The Bertz CT molecular complexity index is 501. The third-order valence-corrected chi connectivity index (χ3v) is 1.99. The van der Waals surface area contributed by atoms with Crippen LogP contribution in [0.1, 0.15) is 0 Å². The maximum atomic E-state index is 12.8. The minimum atomic E-state index is -1.45. The number of carbonyl (C=O) groups is 2. The van der Waals surface area contributed by atoms with E-state index >= 15 is 0 Å². The molecule has 17 heavy (non-hydrogen) atoms. The Morgan fingerprint density at radius 2 is 2.00 bits per heavy atom. The van der Waals surface area contributed by atoms with Gasteiger partial charge in [0.2, 0.25) is 0 Å². The van der Waals surface area contributed by atoms with Crippen LogP contribution >= 0.6 is 11.6 Å². The Morgan fingerprint density at radius 1 is 1.35 bits per heavy atom. The highest BCUT2D eigenvalue weighted by atomic mass is 35.5. The van der Waals surface area contributed by atoms with E-state index in [4.69, 9.17) is 21.8 Å². The molecule has 0 aliphatic carbocycles. The molecule has 5 nitrogen and oxygen atoms in total. The summed E-state index contributed by atoms with van der Waals surface area (Å²) in [5, 5.41) is 19.3. The van der Waals surface area contributed by atoms with E-state index in [-0.39, 0.29) is 10.7 Å². The first kappa shape index (κ1) is 13.0. The molecule has 0 saturated heterocycles. The van der Waals surface area contributed by atoms with Crippen LogP contribution in [0.25, 0.3) is 0 Å². The molecule has 3 N–H and O–H groups in total. The number of benzene rings is 1. The van der Waals surface area contributed by atoms with Gasteiger partial charge in [-0.2, -0.15) is 0 Å². The van der Waals surface area contributed by atoms with Crippen molar-refractivity contribution in [3.63, 3.8) is 0 Å². The van der Waals surface area contributed by atoms with Crippen LogP contribution in [0.15, 0.2) is 30.0 Å². The van der Waals surface area contributed by atoms with Crippen molar-refractivity contribution < 1.29 is 24.2 Å². The molecule has 90 valence electrons. The van der Waals surface area contributed by atoms with E-state index in [2.05, 4.69) is 5.32 Å². The van der Waals surface area contributed by atoms with Gasteiger partial charge in [-0.05, 0) is 18.2 Å². The van der Waals surface area contributed by atoms with Crippen molar-refractivity contribution in [2.45, 2.75) is 0 Å². The number of carboxylic acids is 2. The Kier molecular flexibility index (Phi) is 4.06. The first-order chi connectivity index (χ1) is 7.90. The van der Waals surface area contributed by atoms with Crippen molar-refractivity contribution in [1.82, 2.24) is 0 Å².